The Balaban J connectivity index is 2.79. The average Bonchev–Trinajstić information content (AvgIpc) is 2.13. The zero-order valence-corrected chi connectivity index (χ0v) is 10.5. The van der Waals surface area contributed by atoms with Crippen LogP contribution >= 0.6 is 11.6 Å². The fraction of sp³-hybridized carbons (Fsp3) is 0.636. The third-order valence-corrected chi connectivity index (χ3v) is 2.33. The van der Waals surface area contributed by atoms with E-state index in [0.29, 0.717) is 11.1 Å². The summed E-state index contributed by atoms with van der Waals surface area (Å²) < 4.78 is 0. The molecular formula is C11H18ClN3. The van der Waals surface area contributed by atoms with Gasteiger partial charge in [0.25, 0.3) is 0 Å². The lowest BCUT2D eigenvalue weighted by Gasteiger charge is -2.10. The molecule has 0 N–H and O–H groups in total. The van der Waals surface area contributed by atoms with Crippen LogP contribution in [0.1, 0.15) is 31.3 Å². The molecular weight excluding hydrogens is 210 g/mol. The standard InChI is InChI=1S/C11H18ClN3/c1-8(2)9-7-10(12)14-11(13-9)5-6-15(3)4/h7-8H,5-6H2,1-4H3. The van der Waals surface area contributed by atoms with E-state index in [0.717, 1.165) is 24.5 Å². The van der Waals surface area contributed by atoms with E-state index in [9.17, 15) is 0 Å². The van der Waals surface area contributed by atoms with Crippen LogP contribution < -0.4 is 0 Å². The van der Waals surface area contributed by atoms with Crippen molar-refractivity contribution in [3.05, 3.63) is 22.7 Å². The first-order chi connectivity index (χ1) is 6.99. The van der Waals surface area contributed by atoms with Gasteiger partial charge in [0.2, 0.25) is 0 Å². The van der Waals surface area contributed by atoms with E-state index < -0.39 is 0 Å². The molecule has 4 heteroatoms. The van der Waals surface area contributed by atoms with Gasteiger partial charge in [-0.1, -0.05) is 25.4 Å². The van der Waals surface area contributed by atoms with Crippen molar-refractivity contribution in [3.8, 4) is 0 Å². The van der Waals surface area contributed by atoms with Gasteiger partial charge in [-0.2, -0.15) is 0 Å². The molecule has 0 aliphatic carbocycles. The molecule has 0 fully saturated rings. The normalized spacial score (nSPS) is 11.4. The van der Waals surface area contributed by atoms with E-state index in [1.807, 2.05) is 20.2 Å². The van der Waals surface area contributed by atoms with Crippen LogP contribution in [0, 0.1) is 0 Å². The van der Waals surface area contributed by atoms with E-state index >= 15 is 0 Å². The fourth-order valence-corrected chi connectivity index (χ4v) is 1.42. The zero-order valence-electron chi connectivity index (χ0n) is 9.79. The van der Waals surface area contributed by atoms with Crippen LogP contribution in [0.2, 0.25) is 5.15 Å². The third-order valence-electron chi connectivity index (χ3n) is 2.14. The van der Waals surface area contributed by atoms with Crippen molar-refractivity contribution in [1.82, 2.24) is 14.9 Å². The maximum absolute atomic E-state index is 5.94. The summed E-state index contributed by atoms with van der Waals surface area (Å²) in [6.45, 7) is 5.15. The molecule has 3 nitrogen and oxygen atoms in total. The second-order valence-electron chi connectivity index (χ2n) is 4.24. The lowest BCUT2D eigenvalue weighted by molar-refractivity contribution is 0.409. The van der Waals surface area contributed by atoms with Crippen LogP contribution in [0.15, 0.2) is 6.07 Å². The molecule has 1 rings (SSSR count). The van der Waals surface area contributed by atoms with E-state index in [1.54, 1.807) is 0 Å². The minimum Gasteiger partial charge on any atom is -0.309 e. The predicted octanol–water partition coefficient (Wildman–Crippen LogP) is 2.36. The van der Waals surface area contributed by atoms with Crippen molar-refractivity contribution < 1.29 is 0 Å². The molecule has 15 heavy (non-hydrogen) atoms. The number of hydrogen-bond acceptors (Lipinski definition) is 3. The summed E-state index contributed by atoms with van der Waals surface area (Å²) in [5, 5.41) is 0.544. The molecule has 0 saturated heterocycles. The first kappa shape index (κ1) is 12.4. The molecule has 1 heterocycles. The Morgan fingerprint density at radius 1 is 1.33 bits per heavy atom. The van der Waals surface area contributed by atoms with Gasteiger partial charge in [-0.15, -0.1) is 0 Å². The van der Waals surface area contributed by atoms with Gasteiger partial charge in [0, 0.05) is 18.7 Å². The maximum atomic E-state index is 5.94. The molecule has 0 spiro atoms. The van der Waals surface area contributed by atoms with Crippen LogP contribution in [0.4, 0.5) is 0 Å². The van der Waals surface area contributed by atoms with Crippen LogP contribution in [0.25, 0.3) is 0 Å². The minimum atomic E-state index is 0.392. The van der Waals surface area contributed by atoms with E-state index in [2.05, 4.69) is 28.7 Å². The number of hydrogen-bond donors (Lipinski definition) is 0. The quantitative estimate of drug-likeness (QED) is 0.740. The first-order valence-electron chi connectivity index (χ1n) is 5.17. The van der Waals surface area contributed by atoms with Gasteiger partial charge < -0.3 is 4.90 Å². The molecule has 0 amide bonds. The minimum absolute atomic E-state index is 0.392. The predicted molar refractivity (Wildman–Crippen MR) is 63.4 cm³/mol. The van der Waals surface area contributed by atoms with Crippen molar-refractivity contribution >= 4 is 11.6 Å². The largest absolute Gasteiger partial charge is 0.309 e. The highest BCUT2D eigenvalue weighted by molar-refractivity contribution is 6.29. The van der Waals surface area contributed by atoms with Gasteiger partial charge in [-0.25, -0.2) is 9.97 Å². The van der Waals surface area contributed by atoms with Gasteiger partial charge in [-0.05, 0) is 26.1 Å². The smallest absolute Gasteiger partial charge is 0.133 e. The highest BCUT2D eigenvalue weighted by Gasteiger charge is 2.06. The van der Waals surface area contributed by atoms with Crippen molar-refractivity contribution in [1.29, 1.82) is 0 Å². The zero-order chi connectivity index (χ0) is 11.4. The highest BCUT2D eigenvalue weighted by Crippen LogP contribution is 2.15. The second kappa shape index (κ2) is 5.42. The summed E-state index contributed by atoms with van der Waals surface area (Å²) in [6, 6.07) is 1.84. The van der Waals surface area contributed by atoms with Gasteiger partial charge in [-0.3, -0.25) is 0 Å². The Morgan fingerprint density at radius 3 is 2.53 bits per heavy atom. The average molecular weight is 228 g/mol. The molecule has 1 aromatic rings. The second-order valence-corrected chi connectivity index (χ2v) is 4.63. The number of nitrogens with zero attached hydrogens (tertiary/aromatic N) is 3. The van der Waals surface area contributed by atoms with Crippen LogP contribution in [0.5, 0.6) is 0 Å². The fourth-order valence-electron chi connectivity index (χ4n) is 1.22. The van der Waals surface area contributed by atoms with Crippen molar-refractivity contribution in [2.45, 2.75) is 26.2 Å². The maximum Gasteiger partial charge on any atom is 0.133 e. The van der Waals surface area contributed by atoms with Gasteiger partial charge in [0.1, 0.15) is 11.0 Å². The van der Waals surface area contributed by atoms with Gasteiger partial charge in [0.15, 0.2) is 0 Å². The van der Waals surface area contributed by atoms with E-state index in [-0.39, 0.29) is 0 Å². The molecule has 0 radical (unpaired) electrons. The summed E-state index contributed by atoms with van der Waals surface area (Å²) in [6.07, 6.45) is 0.841. The Hall–Kier alpha value is -0.670. The lowest BCUT2D eigenvalue weighted by atomic mass is 10.1. The van der Waals surface area contributed by atoms with Crippen molar-refractivity contribution in [2.75, 3.05) is 20.6 Å². The third kappa shape index (κ3) is 4.14. The van der Waals surface area contributed by atoms with Crippen molar-refractivity contribution in [2.24, 2.45) is 0 Å². The van der Waals surface area contributed by atoms with Crippen LogP contribution in [-0.4, -0.2) is 35.5 Å². The van der Waals surface area contributed by atoms with Crippen molar-refractivity contribution in [3.63, 3.8) is 0 Å². The summed E-state index contributed by atoms with van der Waals surface area (Å²) in [4.78, 5) is 10.8. The number of rotatable bonds is 4. The van der Waals surface area contributed by atoms with Crippen LogP contribution in [0.3, 0.4) is 0 Å². The summed E-state index contributed by atoms with van der Waals surface area (Å²) in [7, 11) is 4.07. The molecule has 0 aliphatic heterocycles. The van der Waals surface area contributed by atoms with E-state index in [4.69, 9.17) is 11.6 Å². The summed E-state index contributed by atoms with van der Waals surface area (Å²) in [5.41, 5.74) is 1.02. The molecule has 0 aromatic carbocycles. The molecule has 0 bridgehead atoms. The number of aromatic nitrogens is 2. The first-order valence-corrected chi connectivity index (χ1v) is 5.55. The molecule has 0 atom stereocenters. The monoisotopic (exact) mass is 227 g/mol. The Morgan fingerprint density at radius 2 is 2.00 bits per heavy atom. The molecule has 0 unspecified atom stereocenters. The Kier molecular flexibility index (Phi) is 4.48. The lowest BCUT2D eigenvalue weighted by Crippen LogP contribution is -2.16. The summed E-state index contributed by atoms with van der Waals surface area (Å²) >= 11 is 5.94. The van der Waals surface area contributed by atoms with E-state index in [1.165, 1.54) is 0 Å². The SMILES string of the molecule is CC(C)c1cc(Cl)nc(CCN(C)C)n1. The Labute approximate surface area is 96.5 Å². The summed E-state index contributed by atoms with van der Waals surface area (Å²) in [5.74, 6) is 1.23. The van der Waals surface area contributed by atoms with Gasteiger partial charge in [0.05, 0.1) is 0 Å². The van der Waals surface area contributed by atoms with Crippen LogP contribution in [-0.2, 0) is 6.42 Å². The molecule has 0 saturated carbocycles. The highest BCUT2D eigenvalue weighted by atomic mass is 35.5. The van der Waals surface area contributed by atoms with Gasteiger partial charge >= 0.3 is 0 Å². The molecule has 0 aliphatic rings. The number of likely N-dealkylation sites (N-methyl/N-ethyl adjacent to an activating group) is 1. The Bertz CT molecular complexity index is 324. The molecule has 1 aromatic heterocycles. The molecule has 84 valence electrons. The topological polar surface area (TPSA) is 29.0 Å². The number of halogens is 1.